The summed E-state index contributed by atoms with van der Waals surface area (Å²) in [6.07, 6.45) is 1.53. The predicted octanol–water partition coefficient (Wildman–Crippen LogP) is 0.223. The van der Waals surface area contributed by atoms with Gasteiger partial charge in [-0.05, 0) is 19.9 Å². The molecular weight excluding hydrogens is 184 g/mol. The first kappa shape index (κ1) is 10.7. The van der Waals surface area contributed by atoms with Crippen molar-refractivity contribution in [2.75, 3.05) is 13.2 Å². The number of H-pyrrole nitrogens is 1. The molecule has 1 atom stereocenters. The summed E-state index contributed by atoms with van der Waals surface area (Å²) in [4.78, 5) is 11.6. The Hall–Kier alpha value is -1.36. The number of carbonyl (C=O) groups excluding carboxylic acids is 1. The van der Waals surface area contributed by atoms with Gasteiger partial charge in [0.1, 0.15) is 5.41 Å². The molecule has 1 unspecified atom stereocenters. The Bertz CT molecular complexity index is 297. The van der Waals surface area contributed by atoms with Crippen molar-refractivity contribution in [1.29, 1.82) is 0 Å². The van der Waals surface area contributed by atoms with Crippen LogP contribution < -0.4 is 0 Å². The van der Waals surface area contributed by atoms with Crippen molar-refractivity contribution in [3.05, 3.63) is 18.0 Å². The maximum Gasteiger partial charge on any atom is 0.320 e. The fourth-order valence-corrected chi connectivity index (χ4v) is 1.11. The first-order chi connectivity index (χ1) is 6.65. The molecule has 0 aliphatic carbocycles. The Balaban J connectivity index is 2.92. The monoisotopic (exact) mass is 198 g/mol. The van der Waals surface area contributed by atoms with Gasteiger partial charge in [0.15, 0.2) is 0 Å². The number of nitrogens with one attached hydrogen (secondary N) is 1. The summed E-state index contributed by atoms with van der Waals surface area (Å²) in [6.45, 7) is 3.32. The largest absolute Gasteiger partial charge is 0.465 e. The molecule has 5 nitrogen and oxygen atoms in total. The van der Waals surface area contributed by atoms with Crippen molar-refractivity contribution < 1.29 is 14.6 Å². The third-order valence-electron chi connectivity index (χ3n) is 2.14. The van der Waals surface area contributed by atoms with Crippen LogP contribution in [0.2, 0.25) is 0 Å². The topological polar surface area (TPSA) is 75.2 Å². The van der Waals surface area contributed by atoms with Gasteiger partial charge >= 0.3 is 5.97 Å². The van der Waals surface area contributed by atoms with E-state index in [1.807, 2.05) is 0 Å². The van der Waals surface area contributed by atoms with Crippen LogP contribution in [0, 0.1) is 0 Å². The van der Waals surface area contributed by atoms with E-state index in [9.17, 15) is 9.90 Å². The van der Waals surface area contributed by atoms with E-state index < -0.39 is 11.4 Å². The number of aliphatic hydroxyl groups excluding tert-OH is 1. The lowest BCUT2D eigenvalue weighted by molar-refractivity contribution is -0.151. The Morgan fingerprint density at radius 3 is 2.93 bits per heavy atom. The number of esters is 1. The van der Waals surface area contributed by atoms with Crippen molar-refractivity contribution in [1.82, 2.24) is 10.2 Å². The van der Waals surface area contributed by atoms with Crippen molar-refractivity contribution in [3.63, 3.8) is 0 Å². The molecule has 0 spiro atoms. The Labute approximate surface area is 82.1 Å². The van der Waals surface area contributed by atoms with Crippen molar-refractivity contribution >= 4 is 5.97 Å². The zero-order chi connectivity index (χ0) is 10.6. The number of hydrogen-bond donors (Lipinski definition) is 2. The number of ether oxygens (including phenoxy) is 1. The molecule has 14 heavy (non-hydrogen) atoms. The zero-order valence-corrected chi connectivity index (χ0v) is 8.28. The number of aromatic amines is 1. The molecule has 0 fully saturated rings. The van der Waals surface area contributed by atoms with Gasteiger partial charge in [0.05, 0.1) is 18.9 Å². The normalized spacial score (nSPS) is 14.8. The van der Waals surface area contributed by atoms with E-state index in [1.54, 1.807) is 19.9 Å². The molecule has 0 bridgehead atoms. The number of aromatic nitrogens is 2. The van der Waals surface area contributed by atoms with Crippen LogP contribution in [0.3, 0.4) is 0 Å². The lowest BCUT2D eigenvalue weighted by Gasteiger charge is -2.22. The molecule has 0 aliphatic heterocycles. The first-order valence-electron chi connectivity index (χ1n) is 4.43. The number of hydrogen-bond acceptors (Lipinski definition) is 4. The highest BCUT2D eigenvalue weighted by molar-refractivity contribution is 5.82. The van der Waals surface area contributed by atoms with Gasteiger partial charge in [-0.3, -0.25) is 9.89 Å². The van der Waals surface area contributed by atoms with Crippen LogP contribution in [-0.2, 0) is 14.9 Å². The molecule has 1 heterocycles. The molecule has 0 saturated heterocycles. The average molecular weight is 198 g/mol. The van der Waals surface area contributed by atoms with Crippen LogP contribution in [0.25, 0.3) is 0 Å². The SMILES string of the molecule is CCOC(=O)C(C)(CO)c1ccn[nH]1. The van der Waals surface area contributed by atoms with Crippen LogP contribution in [0.15, 0.2) is 12.3 Å². The van der Waals surface area contributed by atoms with E-state index in [4.69, 9.17) is 4.74 Å². The summed E-state index contributed by atoms with van der Waals surface area (Å²) in [5, 5.41) is 15.6. The summed E-state index contributed by atoms with van der Waals surface area (Å²) < 4.78 is 4.88. The average Bonchev–Trinajstić information content (AvgIpc) is 2.70. The van der Waals surface area contributed by atoms with Crippen LogP contribution in [0.1, 0.15) is 19.5 Å². The molecule has 0 radical (unpaired) electrons. The minimum Gasteiger partial charge on any atom is -0.465 e. The summed E-state index contributed by atoms with van der Waals surface area (Å²) in [7, 11) is 0. The number of aliphatic hydroxyl groups is 1. The van der Waals surface area contributed by atoms with Gasteiger partial charge in [0.25, 0.3) is 0 Å². The quantitative estimate of drug-likeness (QED) is 0.679. The Morgan fingerprint density at radius 1 is 1.79 bits per heavy atom. The highest BCUT2D eigenvalue weighted by Gasteiger charge is 2.37. The lowest BCUT2D eigenvalue weighted by atomic mass is 9.88. The van der Waals surface area contributed by atoms with Crippen molar-refractivity contribution in [2.45, 2.75) is 19.3 Å². The molecule has 78 valence electrons. The molecule has 0 aliphatic rings. The summed E-state index contributed by atoms with van der Waals surface area (Å²) in [5.74, 6) is -0.452. The maximum absolute atomic E-state index is 11.6. The van der Waals surface area contributed by atoms with Crippen LogP contribution in [-0.4, -0.2) is 34.5 Å². The minimum absolute atomic E-state index is 0.294. The van der Waals surface area contributed by atoms with E-state index in [1.165, 1.54) is 6.20 Å². The van der Waals surface area contributed by atoms with Crippen LogP contribution in [0.4, 0.5) is 0 Å². The number of nitrogens with zero attached hydrogens (tertiary/aromatic N) is 1. The predicted molar refractivity (Wildman–Crippen MR) is 49.7 cm³/mol. The van der Waals surface area contributed by atoms with E-state index >= 15 is 0 Å². The number of carbonyl (C=O) groups is 1. The summed E-state index contributed by atoms with van der Waals surface area (Å²) in [5.41, 5.74) is -0.495. The fraction of sp³-hybridized carbons (Fsp3) is 0.556. The lowest BCUT2D eigenvalue weighted by Crippen LogP contribution is -2.38. The van der Waals surface area contributed by atoms with Gasteiger partial charge < -0.3 is 9.84 Å². The van der Waals surface area contributed by atoms with E-state index in [0.29, 0.717) is 12.3 Å². The molecule has 1 aromatic rings. The van der Waals surface area contributed by atoms with E-state index in [2.05, 4.69) is 10.2 Å². The van der Waals surface area contributed by atoms with Gasteiger partial charge in [0.2, 0.25) is 0 Å². The van der Waals surface area contributed by atoms with Gasteiger partial charge in [-0.15, -0.1) is 0 Å². The Kier molecular flexibility index (Phi) is 3.24. The van der Waals surface area contributed by atoms with E-state index in [0.717, 1.165) is 0 Å². The van der Waals surface area contributed by atoms with Gasteiger partial charge in [0, 0.05) is 6.20 Å². The molecule has 0 saturated carbocycles. The highest BCUT2D eigenvalue weighted by Crippen LogP contribution is 2.22. The minimum atomic E-state index is -1.05. The molecule has 1 rings (SSSR count). The van der Waals surface area contributed by atoms with E-state index in [-0.39, 0.29) is 6.61 Å². The summed E-state index contributed by atoms with van der Waals surface area (Å²) in [6, 6.07) is 1.65. The van der Waals surface area contributed by atoms with Crippen LogP contribution >= 0.6 is 0 Å². The zero-order valence-electron chi connectivity index (χ0n) is 8.28. The van der Waals surface area contributed by atoms with Crippen molar-refractivity contribution in [2.24, 2.45) is 0 Å². The second-order valence-corrected chi connectivity index (χ2v) is 3.18. The maximum atomic E-state index is 11.6. The summed E-state index contributed by atoms with van der Waals surface area (Å²) >= 11 is 0. The Morgan fingerprint density at radius 2 is 2.50 bits per heavy atom. The van der Waals surface area contributed by atoms with Gasteiger partial charge in [-0.25, -0.2) is 0 Å². The van der Waals surface area contributed by atoms with Crippen molar-refractivity contribution in [3.8, 4) is 0 Å². The van der Waals surface area contributed by atoms with Gasteiger partial charge in [-0.1, -0.05) is 0 Å². The first-order valence-corrected chi connectivity index (χ1v) is 4.43. The fourth-order valence-electron chi connectivity index (χ4n) is 1.11. The molecule has 5 heteroatoms. The van der Waals surface area contributed by atoms with Gasteiger partial charge in [-0.2, -0.15) is 5.10 Å². The number of rotatable bonds is 4. The smallest absolute Gasteiger partial charge is 0.320 e. The highest BCUT2D eigenvalue weighted by atomic mass is 16.5. The third kappa shape index (κ3) is 1.77. The second kappa shape index (κ2) is 4.23. The molecular formula is C9H14N2O3. The standard InChI is InChI=1S/C9H14N2O3/c1-3-14-8(13)9(2,6-12)7-4-5-10-11-7/h4-5,12H,3,6H2,1-2H3,(H,10,11). The molecule has 0 aromatic carbocycles. The molecule has 0 amide bonds. The molecule has 1 aromatic heterocycles. The third-order valence-corrected chi connectivity index (χ3v) is 2.14. The van der Waals surface area contributed by atoms with Crippen LogP contribution in [0.5, 0.6) is 0 Å². The second-order valence-electron chi connectivity index (χ2n) is 3.18. The molecule has 2 N–H and O–H groups in total.